The molecule has 4 aromatic rings. The van der Waals surface area contributed by atoms with Crippen molar-refractivity contribution in [2.24, 2.45) is 11.8 Å². The highest BCUT2D eigenvalue weighted by molar-refractivity contribution is 7.10. The zero-order valence-corrected chi connectivity index (χ0v) is 39.5. The minimum absolute atomic E-state index is 0.111. The van der Waals surface area contributed by atoms with Gasteiger partial charge in [0.25, 0.3) is 0 Å². The summed E-state index contributed by atoms with van der Waals surface area (Å²) in [6.45, 7) is 4.51. The molecular formula is C43H52N10O15S. The Morgan fingerprint density at radius 1 is 0.855 bits per heavy atom. The summed E-state index contributed by atoms with van der Waals surface area (Å²) in [6, 6.07) is 7.64. The van der Waals surface area contributed by atoms with Crippen molar-refractivity contribution in [1.29, 1.82) is 0 Å². The van der Waals surface area contributed by atoms with Crippen LogP contribution < -0.4 is 19.7 Å². The fraction of sp³-hybridized carbons (Fsp3) is 0.512. The molecule has 0 spiro atoms. The van der Waals surface area contributed by atoms with Crippen molar-refractivity contribution in [2.45, 2.75) is 77.0 Å². The molecular weight excluding hydrogens is 929 g/mol. The van der Waals surface area contributed by atoms with Crippen molar-refractivity contribution in [3.8, 4) is 11.8 Å². The van der Waals surface area contributed by atoms with E-state index in [9.17, 15) is 38.7 Å². The summed E-state index contributed by atoms with van der Waals surface area (Å²) >= 11 is 1.06. The number of carboxylic acid groups (broad SMARTS) is 1. The molecule has 4 amide bonds. The van der Waals surface area contributed by atoms with Crippen molar-refractivity contribution in [2.75, 3.05) is 64.6 Å². The van der Waals surface area contributed by atoms with E-state index in [1.54, 1.807) is 31.4 Å². The molecule has 8 atom stereocenters. The number of hydrogen-bond donors (Lipinski definition) is 2. The quantitative estimate of drug-likeness (QED) is 0.128. The zero-order valence-electron chi connectivity index (χ0n) is 38.7. The molecule has 3 aliphatic rings. The van der Waals surface area contributed by atoms with E-state index in [0.717, 1.165) is 45.1 Å². The number of ether oxygens (including phenoxy) is 7. The molecule has 25 nitrogen and oxygen atoms in total. The molecule has 1 aliphatic carbocycles. The van der Waals surface area contributed by atoms with E-state index in [2.05, 4.69) is 29.5 Å². The van der Waals surface area contributed by atoms with E-state index in [4.69, 9.17) is 33.2 Å². The molecule has 1 saturated carbocycles. The molecule has 3 aromatic heterocycles. The fourth-order valence-electron chi connectivity index (χ4n) is 8.60. The van der Waals surface area contributed by atoms with Crippen LogP contribution in [0.5, 0.6) is 11.8 Å². The summed E-state index contributed by atoms with van der Waals surface area (Å²) in [5, 5.41) is 13.8. The number of likely N-dealkylation sites (N-methyl/N-ethyl adjacent to an activating group) is 2. The van der Waals surface area contributed by atoms with Crippen LogP contribution in [0.1, 0.15) is 39.2 Å². The smallest absolute Gasteiger partial charge is 0.409 e. The van der Waals surface area contributed by atoms with Crippen LogP contribution >= 0.6 is 11.5 Å². The van der Waals surface area contributed by atoms with Crippen LogP contribution in [0.3, 0.4) is 0 Å². The number of rotatable bonds is 15. The Bertz CT molecular complexity index is 2540. The minimum Gasteiger partial charge on any atom is -0.479 e. The van der Waals surface area contributed by atoms with Gasteiger partial charge in [-0.05, 0) is 48.4 Å². The first-order valence-corrected chi connectivity index (χ1v) is 22.4. The summed E-state index contributed by atoms with van der Waals surface area (Å²) in [5.41, 5.74) is 0.969. The molecule has 69 heavy (non-hydrogen) atoms. The number of fused-ring (bicyclic) bond motifs is 2. The lowest BCUT2D eigenvalue weighted by molar-refractivity contribution is -0.281. The summed E-state index contributed by atoms with van der Waals surface area (Å²) in [6.07, 6.45) is -4.19. The Hall–Kier alpha value is -7.35. The first kappa shape index (κ1) is 49.6. The zero-order chi connectivity index (χ0) is 49.7. The van der Waals surface area contributed by atoms with Gasteiger partial charge in [-0.1, -0.05) is 12.1 Å². The fourth-order valence-corrected chi connectivity index (χ4v) is 9.13. The van der Waals surface area contributed by atoms with E-state index in [1.807, 2.05) is 11.9 Å². The monoisotopic (exact) mass is 980 g/mol. The second-order valence-corrected chi connectivity index (χ2v) is 17.5. The number of urea groups is 1. The van der Waals surface area contributed by atoms with Crippen molar-refractivity contribution >= 4 is 75.5 Å². The number of likely N-dealkylation sites (tertiary alicyclic amines) is 1. The largest absolute Gasteiger partial charge is 0.479 e. The third-order valence-corrected chi connectivity index (χ3v) is 12.6. The SMILES string of the molecule is COc1nsc(NC(=O)N2C[C@H]3CC(N(C)c4ncnc5c4ccn5C(=O)N(C)CCN(C)C(=O)OCc4ccc(O[C@@H]5O[C@H](C(=O)O)[C@@H](OC(C)=O)[C@H](OC(C)=O)[C@H]5OC(C)=O)cc4)C[C@H]3C2)n1. The highest BCUT2D eigenvalue weighted by atomic mass is 32.1. The normalized spacial score (nSPS) is 22.7. The standard InChI is InChI=1S/C43H52N10O15S/c1-22(54)64-31-32(65-23(2)55)34(66-24(3)56)38(68-33(31)37(57)58)67-29-10-8-25(9-11-29)20-63-43(61)50(5)15-14-49(4)42(60)53-13-12-30-35(44-21-45-36(30)53)51(6)28-16-26-18-52(19-27(26)17-28)41(59)47-40-46-39(62-7)48-69-40/h8-13,21,26-28,31-34,38H,14-20H2,1-7H3,(H,57,58)(H,46,47,48,59)/t26-,27+,28?,31-,32-,33-,34+,38+/m0/s1. The minimum atomic E-state index is -1.87. The number of carbonyl (C=O) groups excluding carboxylic acids is 6. The van der Waals surface area contributed by atoms with Gasteiger partial charge in [0.05, 0.1) is 12.5 Å². The van der Waals surface area contributed by atoms with Crippen LogP contribution in [0.15, 0.2) is 42.9 Å². The van der Waals surface area contributed by atoms with Crippen molar-refractivity contribution in [3.63, 3.8) is 0 Å². The lowest BCUT2D eigenvalue weighted by Crippen LogP contribution is -2.64. The number of carbonyl (C=O) groups is 7. The van der Waals surface area contributed by atoms with E-state index >= 15 is 0 Å². The van der Waals surface area contributed by atoms with E-state index < -0.39 is 60.7 Å². The number of aliphatic carboxylic acids is 1. The van der Waals surface area contributed by atoms with Gasteiger partial charge in [-0.15, -0.1) is 4.37 Å². The van der Waals surface area contributed by atoms with Gasteiger partial charge >= 0.3 is 48.0 Å². The van der Waals surface area contributed by atoms with E-state index in [-0.39, 0.29) is 49.6 Å². The Balaban J connectivity index is 0.889. The molecule has 1 aromatic carbocycles. The maximum atomic E-state index is 13.7. The first-order valence-electron chi connectivity index (χ1n) is 21.7. The molecule has 26 heteroatoms. The third-order valence-electron chi connectivity index (χ3n) is 12.0. The first-order chi connectivity index (χ1) is 32.9. The van der Waals surface area contributed by atoms with Gasteiger partial charge in [0.1, 0.15) is 24.5 Å². The number of nitrogens with zero attached hydrogens (tertiary/aromatic N) is 9. The average Bonchev–Trinajstić information content (AvgIpc) is 4.13. The Labute approximate surface area is 398 Å². The molecule has 5 heterocycles. The molecule has 7 rings (SSSR count). The number of methoxy groups -OCH3 is 1. The number of hydrogen-bond acceptors (Lipinski definition) is 20. The van der Waals surface area contributed by atoms with E-state index in [0.29, 0.717) is 52.5 Å². The van der Waals surface area contributed by atoms with Crippen LogP contribution in [0.25, 0.3) is 11.0 Å². The lowest BCUT2D eigenvalue weighted by Gasteiger charge is -2.42. The summed E-state index contributed by atoms with van der Waals surface area (Å²) < 4.78 is 43.2. The van der Waals surface area contributed by atoms with Gasteiger partial charge in [0.15, 0.2) is 24.0 Å². The topological polar surface area (TPSA) is 286 Å². The Kier molecular flexibility index (Phi) is 15.3. The summed E-state index contributed by atoms with van der Waals surface area (Å²) in [5.74, 6) is -2.75. The summed E-state index contributed by atoms with van der Waals surface area (Å²) in [4.78, 5) is 108. The second-order valence-electron chi connectivity index (χ2n) is 16.7. The maximum absolute atomic E-state index is 13.7. The van der Waals surface area contributed by atoms with Gasteiger partial charge < -0.3 is 57.9 Å². The maximum Gasteiger partial charge on any atom is 0.409 e. The van der Waals surface area contributed by atoms with Gasteiger partial charge in [0, 0.05) is 91.9 Å². The molecule has 3 fully saturated rings. The molecule has 1 unspecified atom stereocenters. The predicted molar refractivity (Wildman–Crippen MR) is 239 cm³/mol. The number of benzene rings is 1. The molecule has 370 valence electrons. The molecule has 0 bridgehead atoms. The third kappa shape index (κ3) is 11.5. The number of carboxylic acids is 1. The van der Waals surface area contributed by atoms with Gasteiger partial charge in [-0.3, -0.25) is 24.3 Å². The van der Waals surface area contributed by atoms with Gasteiger partial charge in [-0.2, -0.15) is 4.98 Å². The second kappa shape index (κ2) is 21.3. The number of esters is 3. The molecule has 2 saturated heterocycles. The molecule has 2 aliphatic heterocycles. The summed E-state index contributed by atoms with van der Waals surface area (Å²) in [7, 11) is 6.59. The number of anilines is 2. The highest BCUT2D eigenvalue weighted by Crippen LogP contribution is 2.42. The Morgan fingerprint density at radius 2 is 1.49 bits per heavy atom. The van der Waals surface area contributed by atoms with Crippen LogP contribution in [-0.2, 0) is 49.5 Å². The van der Waals surface area contributed by atoms with Crippen LogP contribution in [0.4, 0.5) is 25.3 Å². The average molecular weight is 981 g/mol. The van der Waals surface area contributed by atoms with Crippen LogP contribution in [-0.4, -0.2) is 177 Å². The molecule has 0 radical (unpaired) electrons. The van der Waals surface area contributed by atoms with E-state index in [1.165, 1.54) is 47.0 Å². The molecule has 2 N–H and O–H groups in total. The van der Waals surface area contributed by atoms with Gasteiger partial charge in [0.2, 0.25) is 17.5 Å². The van der Waals surface area contributed by atoms with Crippen molar-refractivity contribution < 1.29 is 71.8 Å². The lowest BCUT2D eigenvalue weighted by atomic mass is 9.97. The van der Waals surface area contributed by atoms with Crippen molar-refractivity contribution in [1.82, 2.24) is 38.6 Å². The number of amides is 4. The number of aromatic nitrogens is 5. The highest BCUT2D eigenvalue weighted by Gasteiger charge is 2.55. The van der Waals surface area contributed by atoms with Crippen LogP contribution in [0.2, 0.25) is 0 Å². The van der Waals surface area contributed by atoms with Gasteiger partial charge in [-0.25, -0.2) is 29.1 Å². The van der Waals surface area contributed by atoms with Crippen LogP contribution in [0, 0.1) is 11.8 Å². The van der Waals surface area contributed by atoms with Crippen molar-refractivity contribution in [3.05, 3.63) is 48.4 Å². The number of nitrogens with one attached hydrogen (secondary N) is 1. The predicted octanol–water partition coefficient (Wildman–Crippen LogP) is 2.82. The Morgan fingerprint density at radius 3 is 2.12 bits per heavy atom.